The normalized spacial score (nSPS) is 11.6. The lowest BCUT2D eigenvalue weighted by atomic mass is 10.0. The van der Waals surface area contributed by atoms with E-state index in [1.54, 1.807) is 54.6 Å². The molecule has 0 saturated heterocycles. The minimum Gasteiger partial charge on any atom is -0.481 e. The number of nitrogen functional groups attached to an aromatic ring is 1. The summed E-state index contributed by atoms with van der Waals surface area (Å²) in [5.41, 5.74) is 7.40. The molecule has 2 rings (SSSR count). The van der Waals surface area contributed by atoms with Gasteiger partial charge in [0.05, 0.1) is 12.5 Å². The van der Waals surface area contributed by atoms with E-state index < -0.39 is 12.0 Å². The highest BCUT2D eigenvalue weighted by atomic mass is 16.4. The lowest BCUT2D eigenvalue weighted by Crippen LogP contribution is -2.30. The lowest BCUT2D eigenvalue weighted by Gasteiger charge is -2.19. The molecule has 0 aliphatic carbocycles. The molecule has 5 nitrogen and oxygen atoms in total. The van der Waals surface area contributed by atoms with Gasteiger partial charge in [-0.1, -0.05) is 36.4 Å². The van der Waals surface area contributed by atoms with Crippen LogP contribution in [0.4, 0.5) is 5.69 Å². The quantitative estimate of drug-likeness (QED) is 0.734. The van der Waals surface area contributed by atoms with E-state index in [0.29, 0.717) is 16.8 Å². The number of carboxylic acid groups (broad SMARTS) is 1. The van der Waals surface area contributed by atoms with Crippen molar-refractivity contribution in [2.75, 3.05) is 5.73 Å². The predicted octanol–water partition coefficient (Wildman–Crippen LogP) is 2.21. The highest BCUT2D eigenvalue weighted by Crippen LogP contribution is 2.23. The fraction of sp³-hybridized carbons (Fsp3) is 0.125. The standard InChI is InChI=1S/C16H16N2O3/c17-13-9-5-4-8-12(13)14(10-15(19)20)18-16(21)11-6-2-1-3-7-11/h1-9,14H,10,17H2,(H,18,21)(H,19,20). The molecule has 0 bridgehead atoms. The summed E-state index contributed by atoms with van der Waals surface area (Å²) in [7, 11) is 0. The molecule has 0 aromatic heterocycles. The van der Waals surface area contributed by atoms with Gasteiger partial charge in [0, 0.05) is 11.3 Å². The summed E-state index contributed by atoms with van der Waals surface area (Å²) in [5, 5.41) is 11.7. The average Bonchev–Trinajstić information content (AvgIpc) is 2.47. The SMILES string of the molecule is Nc1ccccc1C(CC(=O)O)NC(=O)c1ccccc1. The maximum absolute atomic E-state index is 12.2. The van der Waals surface area contributed by atoms with Gasteiger partial charge in [-0.05, 0) is 23.8 Å². The Labute approximate surface area is 122 Å². The first kappa shape index (κ1) is 14.6. The number of nitrogens with two attached hydrogens (primary N) is 1. The third-order valence-corrected chi connectivity index (χ3v) is 3.09. The molecular weight excluding hydrogens is 268 g/mol. The number of carboxylic acids is 1. The van der Waals surface area contributed by atoms with Crippen LogP contribution in [-0.2, 0) is 4.79 Å². The number of anilines is 1. The number of benzene rings is 2. The smallest absolute Gasteiger partial charge is 0.305 e. The van der Waals surface area contributed by atoms with E-state index in [-0.39, 0.29) is 12.3 Å². The summed E-state index contributed by atoms with van der Waals surface area (Å²) in [6.07, 6.45) is -0.229. The third kappa shape index (κ3) is 3.82. The molecule has 0 saturated carbocycles. The Hall–Kier alpha value is -2.82. The Morgan fingerprint density at radius 1 is 1.05 bits per heavy atom. The van der Waals surface area contributed by atoms with Gasteiger partial charge in [-0.15, -0.1) is 0 Å². The van der Waals surface area contributed by atoms with Gasteiger partial charge in [-0.25, -0.2) is 0 Å². The molecule has 0 aliphatic heterocycles. The summed E-state index contributed by atoms with van der Waals surface area (Å²) in [5.74, 6) is -1.33. The highest BCUT2D eigenvalue weighted by molar-refractivity contribution is 5.94. The summed E-state index contributed by atoms with van der Waals surface area (Å²) in [6.45, 7) is 0. The number of hydrogen-bond acceptors (Lipinski definition) is 3. The van der Waals surface area contributed by atoms with E-state index in [1.807, 2.05) is 0 Å². The summed E-state index contributed by atoms with van der Waals surface area (Å²) in [6, 6.07) is 14.9. The lowest BCUT2D eigenvalue weighted by molar-refractivity contribution is -0.137. The molecule has 1 atom stereocenters. The van der Waals surface area contributed by atoms with Crippen LogP contribution in [0.25, 0.3) is 0 Å². The zero-order valence-electron chi connectivity index (χ0n) is 11.3. The van der Waals surface area contributed by atoms with Crippen LogP contribution in [0.1, 0.15) is 28.4 Å². The van der Waals surface area contributed by atoms with E-state index in [9.17, 15) is 9.59 Å². The van der Waals surface area contributed by atoms with Crippen LogP contribution in [0, 0.1) is 0 Å². The Kier molecular flexibility index (Phi) is 4.56. The van der Waals surface area contributed by atoms with Crippen molar-refractivity contribution in [3.8, 4) is 0 Å². The number of amides is 1. The van der Waals surface area contributed by atoms with E-state index in [2.05, 4.69) is 5.32 Å². The molecule has 108 valence electrons. The van der Waals surface area contributed by atoms with Crippen LogP contribution >= 0.6 is 0 Å². The first-order valence-corrected chi connectivity index (χ1v) is 6.50. The highest BCUT2D eigenvalue weighted by Gasteiger charge is 2.20. The fourth-order valence-electron chi connectivity index (χ4n) is 2.07. The number of aliphatic carboxylic acids is 1. The molecular formula is C16H16N2O3. The van der Waals surface area contributed by atoms with Crippen LogP contribution in [0.3, 0.4) is 0 Å². The largest absolute Gasteiger partial charge is 0.481 e. The maximum Gasteiger partial charge on any atom is 0.305 e. The Morgan fingerprint density at radius 2 is 1.67 bits per heavy atom. The zero-order valence-corrected chi connectivity index (χ0v) is 11.3. The van der Waals surface area contributed by atoms with Crippen LogP contribution < -0.4 is 11.1 Å². The van der Waals surface area contributed by atoms with Crippen LogP contribution in [-0.4, -0.2) is 17.0 Å². The van der Waals surface area contributed by atoms with Gasteiger partial charge in [0.25, 0.3) is 5.91 Å². The van der Waals surface area contributed by atoms with Crippen molar-refractivity contribution in [3.05, 3.63) is 65.7 Å². The summed E-state index contributed by atoms with van der Waals surface area (Å²) < 4.78 is 0. The monoisotopic (exact) mass is 284 g/mol. The molecule has 0 heterocycles. The van der Waals surface area contributed by atoms with E-state index in [1.165, 1.54) is 0 Å². The molecule has 2 aromatic rings. The van der Waals surface area contributed by atoms with Gasteiger partial charge in [0.1, 0.15) is 0 Å². The number of nitrogens with one attached hydrogen (secondary N) is 1. The molecule has 2 aromatic carbocycles. The third-order valence-electron chi connectivity index (χ3n) is 3.09. The van der Waals surface area contributed by atoms with Crippen LogP contribution in [0.15, 0.2) is 54.6 Å². The molecule has 0 radical (unpaired) electrons. The Bertz CT molecular complexity index is 641. The van der Waals surface area contributed by atoms with Crippen molar-refractivity contribution in [2.24, 2.45) is 0 Å². The van der Waals surface area contributed by atoms with Crippen molar-refractivity contribution in [2.45, 2.75) is 12.5 Å². The first-order valence-electron chi connectivity index (χ1n) is 6.50. The second-order valence-electron chi connectivity index (χ2n) is 4.62. The molecule has 21 heavy (non-hydrogen) atoms. The molecule has 0 spiro atoms. The first-order chi connectivity index (χ1) is 10.1. The molecule has 1 amide bonds. The molecule has 5 heteroatoms. The van der Waals surface area contributed by atoms with Gasteiger partial charge in [0.15, 0.2) is 0 Å². The van der Waals surface area contributed by atoms with Gasteiger partial charge < -0.3 is 16.2 Å². The van der Waals surface area contributed by atoms with Crippen LogP contribution in [0.5, 0.6) is 0 Å². The van der Waals surface area contributed by atoms with Gasteiger partial charge >= 0.3 is 5.97 Å². The second-order valence-corrected chi connectivity index (χ2v) is 4.62. The van der Waals surface area contributed by atoms with Crippen molar-refractivity contribution >= 4 is 17.6 Å². The topological polar surface area (TPSA) is 92.4 Å². The van der Waals surface area contributed by atoms with Crippen molar-refractivity contribution in [1.82, 2.24) is 5.32 Å². The predicted molar refractivity (Wildman–Crippen MR) is 79.8 cm³/mol. The van der Waals surface area contributed by atoms with Gasteiger partial charge in [0.2, 0.25) is 0 Å². The number of carbonyl (C=O) groups is 2. The van der Waals surface area contributed by atoms with E-state index in [0.717, 1.165) is 0 Å². The molecule has 4 N–H and O–H groups in total. The number of para-hydroxylation sites is 1. The summed E-state index contributed by atoms with van der Waals surface area (Å²) >= 11 is 0. The van der Waals surface area contributed by atoms with Crippen molar-refractivity contribution in [1.29, 1.82) is 0 Å². The number of carbonyl (C=O) groups excluding carboxylic acids is 1. The molecule has 0 fully saturated rings. The van der Waals surface area contributed by atoms with Gasteiger partial charge in [-0.2, -0.15) is 0 Å². The zero-order chi connectivity index (χ0) is 15.2. The fourth-order valence-corrected chi connectivity index (χ4v) is 2.07. The average molecular weight is 284 g/mol. The Morgan fingerprint density at radius 3 is 2.29 bits per heavy atom. The second kappa shape index (κ2) is 6.56. The molecule has 0 aliphatic rings. The Balaban J connectivity index is 2.23. The van der Waals surface area contributed by atoms with Crippen LogP contribution in [0.2, 0.25) is 0 Å². The number of rotatable bonds is 5. The van der Waals surface area contributed by atoms with Crippen molar-refractivity contribution in [3.63, 3.8) is 0 Å². The molecule has 1 unspecified atom stereocenters. The van der Waals surface area contributed by atoms with E-state index in [4.69, 9.17) is 10.8 Å². The minimum atomic E-state index is -1.00. The van der Waals surface area contributed by atoms with Gasteiger partial charge in [-0.3, -0.25) is 9.59 Å². The van der Waals surface area contributed by atoms with Crippen molar-refractivity contribution < 1.29 is 14.7 Å². The minimum absolute atomic E-state index is 0.229. The maximum atomic E-state index is 12.2. The van der Waals surface area contributed by atoms with E-state index >= 15 is 0 Å². The summed E-state index contributed by atoms with van der Waals surface area (Å²) in [4.78, 5) is 23.2. The number of hydrogen-bond donors (Lipinski definition) is 3.